The van der Waals surface area contributed by atoms with E-state index in [0.717, 1.165) is 5.56 Å². The van der Waals surface area contributed by atoms with Crippen LogP contribution in [0.15, 0.2) is 60.7 Å². The molecule has 0 radical (unpaired) electrons. The number of halogens is 1. The van der Waals surface area contributed by atoms with Crippen molar-refractivity contribution in [3.8, 4) is 11.5 Å². The number of nitrogens with two attached hydrogens (primary N) is 1. The van der Waals surface area contributed by atoms with E-state index in [2.05, 4.69) is 5.32 Å². The third-order valence-corrected chi connectivity index (χ3v) is 4.74. The molecule has 0 aliphatic carbocycles. The zero-order chi connectivity index (χ0) is 21.7. The number of hydrogen-bond donors (Lipinski definition) is 2. The quantitative estimate of drug-likeness (QED) is 0.580. The first-order chi connectivity index (χ1) is 14.4. The van der Waals surface area contributed by atoms with E-state index in [1.54, 1.807) is 55.5 Å². The molecule has 0 saturated carbocycles. The molecule has 7 heteroatoms. The molecule has 0 bridgehead atoms. The fourth-order valence-electron chi connectivity index (χ4n) is 2.89. The molecular formula is C23H21ClN2O4. The Kier molecular flexibility index (Phi) is 6.59. The lowest BCUT2D eigenvalue weighted by molar-refractivity contribution is 0.0997. The number of rotatable bonds is 7. The van der Waals surface area contributed by atoms with Crippen LogP contribution in [0, 0.1) is 6.92 Å². The molecule has 154 valence electrons. The van der Waals surface area contributed by atoms with Gasteiger partial charge in [-0.25, -0.2) is 0 Å². The van der Waals surface area contributed by atoms with Crippen LogP contribution >= 0.6 is 11.6 Å². The van der Waals surface area contributed by atoms with E-state index in [-0.39, 0.29) is 5.91 Å². The van der Waals surface area contributed by atoms with E-state index in [9.17, 15) is 9.59 Å². The third kappa shape index (κ3) is 5.10. The minimum Gasteiger partial charge on any atom is -0.493 e. The van der Waals surface area contributed by atoms with Crippen LogP contribution in [0.1, 0.15) is 31.8 Å². The largest absolute Gasteiger partial charge is 0.493 e. The number of amides is 2. The van der Waals surface area contributed by atoms with Crippen molar-refractivity contribution in [1.82, 2.24) is 0 Å². The molecule has 0 heterocycles. The highest BCUT2D eigenvalue weighted by molar-refractivity contribution is 6.30. The first-order valence-electron chi connectivity index (χ1n) is 9.14. The Morgan fingerprint density at radius 2 is 1.73 bits per heavy atom. The zero-order valence-electron chi connectivity index (χ0n) is 16.6. The van der Waals surface area contributed by atoms with Gasteiger partial charge in [-0.3, -0.25) is 9.59 Å². The van der Waals surface area contributed by atoms with Gasteiger partial charge < -0.3 is 20.5 Å². The van der Waals surface area contributed by atoms with Crippen LogP contribution < -0.4 is 20.5 Å². The van der Waals surface area contributed by atoms with Crippen LogP contribution in [0.25, 0.3) is 0 Å². The van der Waals surface area contributed by atoms with Gasteiger partial charge in [0.1, 0.15) is 6.61 Å². The summed E-state index contributed by atoms with van der Waals surface area (Å²) in [5.41, 5.74) is 8.33. The van der Waals surface area contributed by atoms with E-state index in [0.29, 0.717) is 45.5 Å². The van der Waals surface area contributed by atoms with Crippen LogP contribution in [0.4, 0.5) is 5.69 Å². The smallest absolute Gasteiger partial charge is 0.255 e. The topological polar surface area (TPSA) is 90.6 Å². The summed E-state index contributed by atoms with van der Waals surface area (Å²) in [7, 11) is 1.51. The predicted octanol–water partition coefficient (Wildman–Crippen LogP) is 4.59. The predicted molar refractivity (Wildman–Crippen MR) is 116 cm³/mol. The van der Waals surface area contributed by atoms with Gasteiger partial charge in [0, 0.05) is 21.8 Å². The molecule has 2 amide bonds. The van der Waals surface area contributed by atoms with Gasteiger partial charge in [-0.05, 0) is 66.6 Å². The van der Waals surface area contributed by atoms with Crippen LogP contribution in [0.3, 0.4) is 0 Å². The lowest BCUT2D eigenvalue weighted by Gasteiger charge is -2.13. The Morgan fingerprint density at radius 1 is 1.00 bits per heavy atom. The number of carbonyl (C=O) groups is 2. The minimum absolute atomic E-state index is 0.316. The Morgan fingerprint density at radius 3 is 2.37 bits per heavy atom. The number of anilines is 1. The van der Waals surface area contributed by atoms with Crippen molar-refractivity contribution < 1.29 is 19.1 Å². The second kappa shape index (κ2) is 9.33. The molecule has 3 N–H and O–H groups in total. The standard InChI is InChI=1S/C23H21ClN2O4/c1-14-11-18(8-9-19(14)22(25)27)26-23(28)16-5-10-20(21(12-16)29-2)30-13-15-3-6-17(24)7-4-15/h3-12H,13H2,1-2H3,(H2,25,27)(H,26,28). The average molecular weight is 425 g/mol. The zero-order valence-corrected chi connectivity index (χ0v) is 17.3. The highest BCUT2D eigenvalue weighted by Crippen LogP contribution is 2.29. The molecule has 0 saturated heterocycles. The first-order valence-corrected chi connectivity index (χ1v) is 9.52. The van der Waals surface area contributed by atoms with E-state index >= 15 is 0 Å². The second-order valence-corrected chi connectivity index (χ2v) is 7.07. The van der Waals surface area contributed by atoms with Gasteiger partial charge in [-0.2, -0.15) is 0 Å². The van der Waals surface area contributed by atoms with Gasteiger partial charge in [0.15, 0.2) is 11.5 Å². The first kappa shape index (κ1) is 21.2. The molecule has 0 aliphatic rings. The van der Waals surface area contributed by atoms with Gasteiger partial charge in [-0.15, -0.1) is 0 Å². The molecule has 3 rings (SSSR count). The SMILES string of the molecule is COc1cc(C(=O)Nc2ccc(C(N)=O)c(C)c2)ccc1OCc1ccc(Cl)cc1. The molecule has 3 aromatic carbocycles. The number of aryl methyl sites for hydroxylation is 1. The Labute approximate surface area is 179 Å². The maximum atomic E-state index is 12.6. The number of ether oxygens (including phenoxy) is 2. The summed E-state index contributed by atoms with van der Waals surface area (Å²) in [6, 6.07) is 17.2. The summed E-state index contributed by atoms with van der Waals surface area (Å²) in [5, 5.41) is 3.46. The summed E-state index contributed by atoms with van der Waals surface area (Å²) < 4.78 is 11.2. The summed E-state index contributed by atoms with van der Waals surface area (Å²) in [5.74, 6) is 0.135. The van der Waals surface area contributed by atoms with Crippen LogP contribution in [0.2, 0.25) is 5.02 Å². The van der Waals surface area contributed by atoms with Crippen molar-refractivity contribution in [1.29, 1.82) is 0 Å². The van der Waals surface area contributed by atoms with Crippen molar-refractivity contribution in [2.75, 3.05) is 12.4 Å². The molecule has 6 nitrogen and oxygen atoms in total. The van der Waals surface area contributed by atoms with Crippen LogP contribution in [-0.4, -0.2) is 18.9 Å². The summed E-state index contributed by atoms with van der Waals surface area (Å²) in [4.78, 5) is 24.0. The number of nitrogens with one attached hydrogen (secondary N) is 1. The number of methoxy groups -OCH3 is 1. The van der Waals surface area contributed by atoms with Crippen molar-refractivity contribution in [3.63, 3.8) is 0 Å². The Balaban J connectivity index is 1.71. The molecule has 0 spiro atoms. The lowest BCUT2D eigenvalue weighted by atomic mass is 10.1. The molecule has 3 aromatic rings. The lowest BCUT2D eigenvalue weighted by Crippen LogP contribution is -2.15. The van der Waals surface area contributed by atoms with Crippen LogP contribution in [-0.2, 0) is 6.61 Å². The molecule has 0 aromatic heterocycles. The average Bonchev–Trinajstić information content (AvgIpc) is 2.73. The third-order valence-electron chi connectivity index (χ3n) is 4.48. The monoisotopic (exact) mass is 424 g/mol. The second-order valence-electron chi connectivity index (χ2n) is 6.63. The van der Waals surface area contributed by atoms with Gasteiger partial charge >= 0.3 is 0 Å². The van der Waals surface area contributed by atoms with Gasteiger partial charge in [0.05, 0.1) is 7.11 Å². The molecule has 0 atom stereocenters. The van der Waals surface area contributed by atoms with Crippen molar-refractivity contribution >= 4 is 29.1 Å². The molecule has 0 unspecified atom stereocenters. The number of carbonyl (C=O) groups excluding carboxylic acids is 2. The van der Waals surface area contributed by atoms with E-state index in [1.165, 1.54) is 7.11 Å². The van der Waals surface area contributed by atoms with Crippen molar-refractivity contribution in [2.24, 2.45) is 5.73 Å². The number of primary amides is 1. The number of benzene rings is 3. The van der Waals surface area contributed by atoms with Crippen LogP contribution in [0.5, 0.6) is 11.5 Å². The Bertz CT molecular complexity index is 1080. The van der Waals surface area contributed by atoms with Gasteiger partial charge in [0.2, 0.25) is 5.91 Å². The van der Waals surface area contributed by atoms with Crippen molar-refractivity contribution in [3.05, 3.63) is 87.9 Å². The van der Waals surface area contributed by atoms with E-state index in [4.69, 9.17) is 26.8 Å². The maximum Gasteiger partial charge on any atom is 0.255 e. The molecule has 30 heavy (non-hydrogen) atoms. The fourth-order valence-corrected chi connectivity index (χ4v) is 3.02. The highest BCUT2D eigenvalue weighted by Gasteiger charge is 2.13. The van der Waals surface area contributed by atoms with Gasteiger partial charge in [-0.1, -0.05) is 23.7 Å². The van der Waals surface area contributed by atoms with Crippen molar-refractivity contribution in [2.45, 2.75) is 13.5 Å². The normalized spacial score (nSPS) is 10.4. The summed E-state index contributed by atoms with van der Waals surface area (Å²) in [6.07, 6.45) is 0. The van der Waals surface area contributed by atoms with E-state index < -0.39 is 5.91 Å². The number of hydrogen-bond acceptors (Lipinski definition) is 4. The minimum atomic E-state index is -0.510. The Hall–Kier alpha value is -3.51. The molecule has 0 fully saturated rings. The molecular weight excluding hydrogens is 404 g/mol. The summed E-state index contributed by atoms with van der Waals surface area (Å²) >= 11 is 5.89. The molecule has 0 aliphatic heterocycles. The maximum absolute atomic E-state index is 12.6. The summed E-state index contributed by atoms with van der Waals surface area (Å²) in [6.45, 7) is 2.09. The van der Waals surface area contributed by atoms with E-state index in [1.807, 2.05) is 12.1 Å². The fraction of sp³-hybridized carbons (Fsp3) is 0.130. The highest BCUT2D eigenvalue weighted by atomic mass is 35.5. The van der Waals surface area contributed by atoms with Gasteiger partial charge in [0.25, 0.3) is 5.91 Å².